The van der Waals surface area contributed by atoms with Gasteiger partial charge in [-0.3, -0.25) is 0 Å². The van der Waals surface area contributed by atoms with Crippen LogP contribution in [0.3, 0.4) is 0 Å². The molecule has 1 aliphatic rings. The molecule has 0 radical (unpaired) electrons. The zero-order valence-electron chi connectivity index (χ0n) is 16.6. The Morgan fingerprint density at radius 2 is 1.40 bits per heavy atom. The number of benzene rings is 3. The van der Waals surface area contributed by atoms with Gasteiger partial charge < -0.3 is 10.4 Å². The number of rotatable bonds is 5. The van der Waals surface area contributed by atoms with Crippen LogP contribution >= 0.6 is 0 Å². The second kappa shape index (κ2) is 7.86. The molecule has 4 aromatic rings. The van der Waals surface area contributed by atoms with Crippen LogP contribution < -0.4 is 5.32 Å². The van der Waals surface area contributed by atoms with Crippen molar-refractivity contribution in [3.63, 3.8) is 0 Å². The summed E-state index contributed by atoms with van der Waals surface area (Å²) in [5, 5.41) is 24.3. The van der Waals surface area contributed by atoms with Crippen LogP contribution in [0.15, 0.2) is 97.2 Å². The molecule has 2 atom stereocenters. The van der Waals surface area contributed by atoms with Crippen molar-refractivity contribution in [2.75, 3.05) is 6.54 Å². The fourth-order valence-electron chi connectivity index (χ4n) is 4.39. The molecule has 1 aliphatic heterocycles. The van der Waals surface area contributed by atoms with Gasteiger partial charge in [-0.05, 0) is 17.5 Å². The summed E-state index contributed by atoms with van der Waals surface area (Å²) in [6.07, 6.45) is 2.74. The summed E-state index contributed by atoms with van der Waals surface area (Å²) < 4.78 is 1.92. The van der Waals surface area contributed by atoms with Crippen LogP contribution in [0.4, 0.5) is 0 Å². The molecule has 3 aromatic carbocycles. The zero-order valence-corrected chi connectivity index (χ0v) is 16.6. The highest BCUT2D eigenvalue weighted by Gasteiger charge is 2.44. The molecular weight excluding hydrogens is 372 g/mol. The van der Waals surface area contributed by atoms with Crippen LogP contribution in [-0.4, -0.2) is 32.7 Å². The third kappa shape index (κ3) is 3.32. The van der Waals surface area contributed by atoms with Crippen LogP contribution in [0.2, 0.25) is 0 Å². The number of hydrogen-bond donors (Lipinski definition) is 2. The van der Waals surface area contributed by atoms with Gasteiger partial charge in [-0.15, -0.1) is 5.10 Å². The van der Waals surface area contributed by atoms with Crippen LogP contribution in [0.25, 0.3) is 11.3 Å². The Hall–Kier alpha value is -3.28. The third-order valence-corrected chi connectivity index (χ3v) is 5.99. The number of nitrogens with zero attached hydrogens (tertiary/aromatic N) is 3. The Morgan fingerprint density at radius 3 is 2.00 bits per heavy atom. The summed E-state index contributed by atoms with van der Waals surface area (Å²) in [6.45, 7) is 0.726. The monoisotopic (exact) mass is 396 g/mol. The van der Waals surface area contributed by atoms with Gasteiger partial charge in [-0.1, -0.05) is 96.2 Å². The molecule has 0 unspecified atom stereocenters. The van der Waals surface area contributed by atoms with Gasteiger partial charge in [0.15, 0.2) is 0 Å². The fraction of sp³-hybridized carbons (Fsp3) is 0.200. The van der Waals surface area contributed by atoms with Crippen molar-refractivity contribution in [1.82, 2.24) is 20.3 Å². The van der Waals surface area contributed by atoms with E-state index < -0.39 is 5.60 Å². The van der Waals surface area contributed by atoms with Crippen LogP contribution in [0, 0.1) is 0 Å². The predicted octanol–water partition coefficient (Wildman–Crippen LogP) is 3.78. The molecule has 2 heterocycles. The van der Waals surface area contributed by atoms with Gasteiger partial charge in [0.1, 0.15) is 11.3 Å². The molecular formula is C25H24N4O. The summed E-state index contributed by atoms with van der Waals surface area (Å²) in [5.41, 5.74) is 2.56. The minimum Gasteiger partial charge on any atom is -0.379 e. The summed E-state index contributed by atoms with van der Waals surface area (Å²) in [4.78, 5) is 0. The van der Waals surface area contributed by atoms with E-state index in [1.807, 2.05) is 102 Å². The molecule has 5 heteroatoms. The lowest BCUT2D eigenvalue weighted by atomic mass is 9.79. The highest BCUT2D eigenvalue weighted by Crippen LogP contribution is 2.38. The Kier molecular flexibility index (Phi) is 4.91. The minimum atomic E-state index is -1.12. The number of aromatic nitrogens is 3. The van der Waals surface area contributed by atoms with Crippen LogP contribution in [0.5, 0.6) is 0 Å². The molecule has 150 valence electrons. The van der Waals surface area contributed by atoms with Gasteiger partial charge in [-0.2, -0.15) is 0 Å². The molecule has 0 bridgehead atoms. The summed E-state index contributed by atoms with van der Waals surface area (Å²) in [5.74, 6) is 0. The van der Waals surface area contributed by atoms with E-state index >= 15 is 0 Å². The SMILES string of the molecule is OC(c1ccccc1)(c1ccccc1)[C@@H]1C[C@H](n2cc(-c3ccccc3)nn2)CN1. The minimum absolute atomic E-state index is 0.124. The van der Waals surface area contributed by atoms with E-state index in [0.717, 1.165) is 35.3 Å². The van der Waals surface area contributed by atoms with Gasteiger partial charge in [0, 0.05) is 18.2 Å². The molecule has 1 aromatic heterocycles. The van der Waals surface area contributed by atoms with E-state index in [-0.39, 0.29) is 12.1 Å². The quantitative estimate of drug-likeness (QED) is 0.539. The first-order valence-electron chi connectivity index (χ1n) is 10.3. The van der Waals surface area contributed by atoms with Crippen molar-refractivity contribution in [3.8, 4) is 11.3 Å². The predicted molar refractivity (Wildman–Crippen MR) is 117 cm³/mol. The maximum absolute atomic E-state index is 12.0. The second-order valence-electron chi connectivity index (χ2n) is 7.80. The molecule has 2 N–H and O–H groups in total. The molecule has 0 aliphatic carbocycles. The van der Waals surface area contributed by atoms with E-state index in [1.165, 1.54) is 0 Å². The fourth-order valence-corrected chi connectivity index (χ4v) is 4.39. The zero-order chi connectivity index (χ0) is 20.4. The number of nitrogens with one attached hydrogen (secondary N) is 1. The first-order chi connectivity index (χ1) is 14.7. The highest BCUT2D eigenvalue weighted by molar-refractivity contribution is 5.57. The molecule has 5 nitrogen and oxygen atoms in total. The number of hydrogen-bond acceptors (Lipinski definition) is 4. The second-order valence-corrected chi connectivity index (χ2v) is 7.80. The van der Waals surface area contributed by atoms with Crippen molar-refractivity contribution in [3.05, 3.63) is 108 Å². The van der Waals surface area contributed by atoms with Crippen molar-refractivity contribution in [2.45, 2.75) is 24.1 Å². The Morgan fingerprint density at radius 1 is 0.833 bits per heavy atom. The van der Waals surface area contributed by atoms with Crippen LogP contribution in [-0.2, 0) is 5.60 Å². The van der Waals surface area contributed by atoms with Gasteiger partial charge in [0.2, 0.25) is 0 Å². The first-order valence-corrected chi connectivity index (χ1v) is 10.3. The maximum atomic E-state index is 12.0. The lowest BCUT2D eigenvalue weighted by molar-refractivity contribution is 0.0430. The molecule has 0 spiro atoms. The standard InChI is InChI=1S/C25H24N4O/c30-25(20-12-6-2-7-13-20,21-14-8-3-9-15-21)24-16-22(17-26-24)29-18-23(27-28-29)19-10-4-1-5-11-19/h1-15,18,22,24,26,30H,16-17H2/t22-,24-/m0/s1. The Labute approximate surface area is 176 Å². The average Bonchev–Trinajstić information content (AvgIpc) is 3.51. The Balaban J connectivity index is 1.44. The first kappa shape index (κ1) is 18.7. The van der Waals surface area contributed by atoms with Gasteiger partial charge in [0.25, 0.3) is 0 Å². The van der Waals surface area contributed by atoms with Crippen molar-refractivity contribution in [2.24, 2.45) is 0 Å². The van der Waals surface area contributed by atoms with Gasteiger partial charge >= 0.3 is 0 Å². The van der Waals surface area contributed by atoms with Gasteiger partial charge in [0.05, 0.1) is 12.2 Å². The smallest absolute Gasteiger partial charge is 0.130 e. The molecule has 0 saturated carbocycles. The van der Waals surface area contributed by atoms with E-state index in [0.29, 0.717) is 0 Å². The molecule has 30 heavy (non-hydrogen) atoms. The normalized spacial score (nSPS) is 19.1. The highest BCUT2D eigenvalue weighted by atomic mass is 16.3. The summed E-state index contributed by atoms with van der Waals surface area (Å²) in [7, 11) is 0. The average molecular weight is 396 g/mol. The van der Waals surface area contributed by atoms with E-state index in [1.54, 1.807) is 0 Å². The van der Waals surface area contributed by atoms with E-state index in [2.05, 4.69) is 15.6 Å². The molecule has 5 rings (SSSR count). The van der Waals surface area contributed by atoms with Crippen molar-refractivity contribution in [1.29, 1.82) is 0 Å². The summed E-state index contributed by atoms with van der Waals surface area (Å²) >= 11 is 0. The Bertz CT molecular complexity index is 1060. The third-order valence-electron chi connectivity index (χ3n) is 5.99. The molecule has 1 saturated heterocycles. The van der Waals surface area contributed by atoms with Gasteiger partial charge in [-0.25, -0.2) is 4.68 Å². The summed E-state index contributed by atoms with van der Waals surface area (Å²) in [6, 6.07) is 29.8. The van der Waals surface area contributed by atoms with E-state index in [9.17, 15) is 5.11 Å². The van der Waals surface area contributed by atoms with E-state index in [4.69, 9.17) is 0 Å². The van der Waals surface area contributed by atoms with Crippen LogP contribution in [0.1, 0.15) is 23.6 Å². The topological polar surface area (TPSA) is 63.0 Å². The maximum Gasteiger partial charge on any atom is 0.130 e. The lowest BCUT2D eigenvalue weighted by Crippen LogP contribution is -2.46. The lowest BCUT2D eigenvalue weighted by Gasteiger charge is -2.35. The molecule has 1 fully saturated rings. The molecule has 0 amide bonds. The largest absolute Gasteiger partial charge is 0.379 e. The number of aliphatic hydroxyl groups is 1. The van der Waals surface area contributed by atoms with Crippen molar-refractivity contribution < 1.29 is 5.11 Å². The van der Waals surface area contributed by atoms with Crippen molar-refractivity contribution >= 4 is 0 Å².